The molecule has 2 aromatic heterocycles. The first kappa shape index (κ1) is 18.0. The molecule has 0 radical (unpaired) electrons. The number of pyridine rings is 1. The van der Waals surface area contributed by atoms with Gasteiger partial charge in [0.05, 0.1) is 12.2 Å². The molecule has 2 heterocycles. The molecule has 0 fully saturated rings. The van der Waals surface area contributed by atoms with Gasteiger partial charge < -0.3 is 15.6 Å². The third kappa shape index (κ3) is 4.42. The van der Waals surface area contributed by atoms with Gasteiger partial charge in [-0.2, -0.15) is 0 Å². The van der Waals surface area contributed by atoms with E-state index in [1.54, 1.807) is 6.20 Å². The summed E-state index contributed by atoms with van der Waals surface area (Å²) in [6, 6.07) is 12.4. The molecule has 0 bridgehead atoms. The van der Waals surface area contributed by atoms with E-state index in [9.17, 15) is 0 Å². The fraction of sp³-hybridized carbons (Fsp3) is 0.333. The maximum absolute atomic E-state index is 4.62. The first-order valence-corrected chi connectivity index (χ1v) is 9.31. The number of H-pyrrole nitrogens is 1. The summed E-state index contributed by atoms with van der Waals surface area (Å²) in [6.45, 7) is 6.50. The molecule has 5 heteroatoms. The Balaban J connectivity index is 1.61. The minimum absolute atomic E-state index is 0.573. The maximum atomic E-state index is 4.62. The summed E-state index contributed by atoms with van der Waals surface area (Å²) in [5.41, 5.74) is 4.93. The molecule has 0 unspecified atom stereocenters. The Morgan fingerprint density at radius 1 is 1.08 bits per heavy atom. The highest BCUT2D eigenvalue weighted by Gasteiger charge is 2.06. The summed E-state index contributed by atoms with van der Waals surface area (Å²) in [4.78, 5) is 12.4. The molecule has 26 heavy (non-hydrogen) atoms. The predicted octanol–water partition coefficient (Wildman–Crippen LogP) is 3.42. The van der Waals surface area contributed by atoms with Crippen LogP contribution in [0.5, 0.6) is 0 Å². The number of hydrogen-bond acceptors (Lipinski definition) is 2. The molecular formula is C21H27N5. The number of hydrogen-bond donors (Lipinski definition) is 3. The van der Waals surface area contributed by atoms with Crippen LogP contribution in [0.2, 0.25) is 0 Å². The maximum Gasteiger partial charge on any atom is 0.191 e. The van der Waals surface area contributed by atoms with E-state index in [1.165, 1.54) is 22.0 Å². The Labute approximate surface area is 155 Å². The van der Waals surface area contributed by atoms with Crippen molar-refractivity contribution in [1.82, 2.24) is 20.6 Å². The first-order chi connectivity index (χ1) is 12.8. The van der Waals surface area contributed by atoms with E-state index in [0.717, 1.165) is 37.6 Å². The lowest BCUT2D eigenvalue weighted by molar-refractivity contribution is 0.798. The molecule has 0 saturated heterocycles. The van der Waals surface area contributed by atoms with E-state index >= 15 is 0 Å². The van der Waals surface area contributed by atoms with Crippen molar-refractivity contribution in [2.24, 2.45) is 4.99 Å². The first-order valence-electron chi connectivity index (χ1n) is 9.31. The second-order valence-corrected chi connectivity index (χ2v) is 6.20. The summed E-state index contributed by atoms with van der Waals surface area (Å²) in [5.74, 6) is 0.826. The van der Waals surface area contributed by atoms with Crippen LogP contribution in [0.3, 0.4) is 0 Å². The van der Waals surface area contributed by atoms with Crippen LogP contribution in [-0.2, 0) is 19.4 Å². The lowest BCUT2D eigenvalue weighted by Gasteiger charge is -2.11. The Morgan fingerprint density at radius 3 is 2.77 bits per heavy atom. The minimum Gasteiger partial charge on any atom is -0.361 e. The molecule has 0 aliphatic heterocycles. The van der Waals surface area contributed by atoms with E-state index in [1.807, 2.05) is 18.2 Å². The van der Waals surface area contributed by atoms with Crippen LogP contribution in [0, 0.1) is 0 Å². The van der Waals surface area contributed by atoms with Crippen molar-refractivity contribution in [3.63, 3.8) is 0 Å². The second kappa shape index (κ2) is 9.04. The molecule has 0 aliphatic carbocycles. The Hall–Kier alpha value is -2.82. The molecule has 136 valence electrons. The monoisotopic (exact) mass is 349 g/mol. The number of aromatic nitrogens is 2. The average molecular weight is 349 g/mol. The van der Waals surface area contributed by atoms with Crippen molar-refractivity contribution in [3.05, 3.63) is 65.6 Å². The fourth-order valence-corrected chi connectivity index (χ4v) is 3.09. The lowest BCUT2D eigenvalue weighted by Crippen LogP contribution is -2.38. The van der Waals surface area contributed by atoms with Crippen molar-refractivity contribution in [2.45, 2.75) is 33.2 Å². The van der Waals surface area contributed by atoms with Gasteiger partial charge in [-0.25, -0.2) is 4.99 Å². The quantitative estimate of drug-likeness (QED) is 0.452. The zero-order chi connectivity index (χ0) is 18.2. The second-order valence-electron chi connectivity index (χ2n) is 6.20. The largest absolute Gasteiger partial charge is 0.361 e. The van der Waals surface area contributed by atoms with Crippen LogP contribution in [0.15, 0.2) is 53.8 Å². The molecular weight excluding hydrogens is 322 g/mol. The molecule has 3 aromatic rings. The summed E-state index contributed by atoms with van der Waals surface area (Å²) >= 11 is 0. The highest BCUT2D eigenvalue weighted by molar-refractivity contribution is 5.86. The van der Waals surface area contributed by atoms with Crippen molar-refractivity contribution in [1.29, 1.82) is 0 Å². The Kier molecular flexibility index (Phi) is 6.25. The molecule has 1 aromatic carbocycles. The van der Waals surface area contributed by atoms with E-state index in [0.29, 0.717) is 6.54 Å². The summed E-state index contributed by atoms with van der Waals surface area (Å²) in [7, 11) is 0. The zero-order valence-electron chi connectivity index (χ0n) is 15.5. The summed E-state index contributed by atoms with van der Waals surface area (Å²) in [5, 5.41) is 8.03. The molecule has 0 atom stereocenters. The topological polar surface area (TPSA) is 65.1 Å². The van der Waals surface area contributed by atoms with Crippen LogP contribution in [0.25, 0.3) is 10.9 Å². The standard InChI is InChI=1S/C21H27N5/c1-3-16-8-7-10-19-17(14-25-20(16)19)11-13-24-21(22-4-2)26-15-18-9-5-6-12-23-18/h5-10,12,14,25H,3-4,11,13,15H2,1-2H3,(H2,22,24,26). The smallest absolute Gasteiger partial charge is 0.191 e. The molecule has 0 aliphatic rings. The van der Waals surface area contributed by atoms with Crippen molar-refractivity contribution in [3.8, 4) is 0 Å². The SMILES string of the molecule is CCNC(=NCc1ccccn1)NCCc1c[nH]c2c(CC)cccc12. The molecule has 3 N–H and O–H groups in total. The molecule has 0 spiro atoms. The number of rotatable bonds is 7. The third-order valence-electron chi connectivity index (χ3n) is 4.42. The summed E-state index contributed by atoms with van der Waals surface area (Å²) < 4.78 is 0. The molecule has 3 rings (SSSR count). The number of aryl methyl sites for hydroxylation is 1. The average Bonchev–Trinajstić information content (AvgIpc) is 3.10. The predicted molar refractivity (Wildman–Crippen MR) is 108 cm³/mol. The molecule has 0 saturated carbocycles. The lowest BCUT2D eigenvalue weighted by atomic mass is 10.1. The third-order valence-corrected chi connectivity index (χ3v) is 4.42. The Morgan fingerprint density at radius 2 is 2.00 bits per heavy atom. The summed E-state index contributed by atoms with van der Waals surface area (Å²) in [6.07, 6.45) is 5.91. The molecule has 0 amide bonds. The van der Waals surface area contributed by atoms with Gasteiger partial charge in [-0.3, -0.25) is 4.98 Å². The number of benzene rings is 1. The van der Waals surface area contributed by atoms with Crippen LogP contribution < -0.4 is 10.6 Å². The fourth-order valence-electron chi connectivity index (χ4n) is 3.09. The van der Waals surface area contributed by atoms with Crippen molar-refractivity contribution in [2.75, 3.05) is 13.1 Å². The number of nitrogens with one attached hydrogen (secondary N) is 3. The normalized spacial score (nSPS) is 11.7. The van der Waals surface area contributed by atoms with Gasteiger partial charge in [0.15, 0.2) is 5.96 Å². The number of guanidine groups is 1. The van der Waals surface area contributed by atoms with Crippen LogP contribution in [0.1, 0.15) is 30.7 Å². The van der Waals surface area contributed by atoms with Crippen LogP contribution in [-0.4, -0.2) is 29.0 Å². The van der Waals surface area contributed by atoms with E-state index in [2.05, 4.69) is 63.8 Å². The van der Waals surface area contributed by atoms with Gasteiger partial charge >= 0.3 is 0 Å². The van der Waals surface area contributed by atoms with E-state index in [-0.39, 0.29) is 0 Å². The van der Waals surface area contributed by atoms with Gasteiger partial charge in [-0.1, -0.05) is 31.2 Å². The zero-order valence-corrected chi connectivity index (χ0v) is 15.5. The number of aromatic amines is 1. The number of nitrogens with zero attached hydrogens (tertiary/aromatic N) is 2. The van der Waals surface area contributed by atoms with Crippen LogP contribution in [0.4, 0.5) is 0 Å². The Bertz CT molecular complexity index is 851. The molecule has 5 nitrogen and oxygen atoms in total. The van der Waals surface area contributed by atoms with Gasteiger partial charge in [0.1, 0.15) is 0 Å². The highest BCUT2D eigenvalue weighted by Crippen LogP contribution is 2.22. The van der Waals surface area contributed by atoms with E-state index in [4.69, 9.17) is 0 Å². The van der Waals surface area contributed by atoms with Crippen molar-refractivity contribution < 1.29 is 0 Å². The van der Waals surface area contributed by atoms with Crippen molar-refractivity contribution >= 4 is 16.9 Å². The van der Waals surface area contributed by atoms with Gasteiger partial charge in [0.2, 0.25) is 0 Å². The number of aliphatic imine (C=N–C) groups is 1. The van der Waals surface area contributed by atoms with Gasteiger partial charge in [0.25, 0.3) is 0 Å². The van der Waals surface area contributed by atoms with Crippen LogP contribution >= 0.6 is 0 Å². The van der Waals surface area contributed by atoms with Gasteiger partial charge in [-0.05, 0) is 43.0 Å². The van der Waals surface area contributed by atoms with Gasteiger partial charge in [-0.15, -0.1) is 0 Å². The minimum atomic E-state index is 0.573. The van der Waals surface area contributed by atoms with E-state index < -0.39 is 0 Å². The highest BCUT2D eigenvalue weighted by atomic mass is 15.2. The number of fused-ring (bicyclic) bond motifs is 1. The number of para-hydroxylation sites is 1. The van der Waals surface area contributed by atoms with Gasteiger partial charge in [0, 0.05) is 36.4 Å².